The number of phenolic OH excluding ortho intramolecular Hbond substituents is 1. The van der Waals surface area contributed by atoms with Gasteiger partial charge in [0.1, 0.15) is 46.8 Å². The van der Waals surface area contributed by atoms with E-state index in [1.165, 1.54) is 6.07 Å². The maximum atomic E-state index is 16.7. The van der Waals surface area contributed by atoms with E-state index in [9.17, 15) is 19.1 Å². The number of hydrogen-bond donors (Lipinski definition) is 3. The van der Waals surface area contributed by atoms with E-state index in [1.807, 2.05) is 6.07 Å². The Morgan fingerprint density at radius 3 is 2.93 bits per heavy atom. The van der Waals surface area contributed by atoms with Gasteiger partial charge in [0.15, 0.2) is 5.82 Å². The Balaban J connectivity index is 1.40. The number of phenols is 1. The summed E-state index contributed by atoms with van der Waals surface area (Å²) in [5.41, 5.74) is 4.97. The van der Waals surface area contributed by atoms with E-state index >= 15 is 4.39 Å². The minimum absolute atomic E-state index is 0.0250. The molecule has 2 aromatic carbocycles. The van der Waals surface area contributed by atoms with Crippen LogP contribution >= 0.6 is 22.9 Å². The first kappa shape index (κ1) is 28.2. The molecule has 0 amide bonds. The van der Waals surface area contributed by atoms with Crippen molar-refractivity contribution in [2.45, 2.75) is 43.4 Å². The number of benzene rings is 2. The van der Waals surface area contributed by atoms with E-state index < -0.39 is 29.1 Å². The number of nitrogens with zero attached hydrogens (tertiary/aromatic N) is 4. The van der Waals surface area contributed by atoms with Crippen molar-refractivity contribution in [2.75, 3.05) is 44.0 Å². The first-order chi connectivity index (χ1) is 20.7. The number of nitrogens with one attached hydrogen (secondary N) is 1. The van der Waals surface area contributed by atoms with Crippen LogP contribution in [0.1, 0.15) is 31.2 Å². The molecule has 5 heterocycles. The standard InChI is InChI=1S/C29H26ClF3N6O3S/c30-21-19(15-2-3-17(32)25-18(15)16(9-34)26(35)43-25)22(33)23-20(24(21)40)27(36-14-4-7-41-11-14)38-28(37-23)42-12-29-5-1-6-39(29)10-13(31)8-29/h2-3,13-14,40H,1,4-8,10-12,35H2,(H,36,37,38)/t13-,14+,29+/m1/s1. The molecule has 3 aliphatic heterocycles. The smallest absolute Gasteiger partial charge is 0.319 e. The van der Waals surface area contributed by atoms with Gasteiger partial charge in [0, 0.05) is 30.5 Å². The van der Waals surface area contributed by atoms with Crippen molar-refractivity contribution in [3.8, 4) is 29.0 Å². The Labute approximate surface area is 253 Å². The van der Waals surface area contributed by atoms with Gasteiger partial charge in [-0.2, -0.15) is 15.2 Å². The number of aromatic hydroxyl groups is 1. The molecular weight excluding hydrogens is 605 g/mol. The van der Waals surface area contributed by atoms with Crippen LogP contribution in [0.15, 0.2) is 12.1 Å². The number of alkyl halides is 1. The molecule has 14 heteroatoms. The van der Waals surface area contributed by atoms with Crippen LogP contribution < -0.4 is 15.8 Å². The van der Waals surface area contributed by atoms with Gasteiger partial charge in [0.25, 0.3) is 0 Å². The number of fused-ring (bicyclic) bond motifs is 3. The van der Waals surface area contributed by atoms with Crippen LogP contribution in [0.25, 0.3) is 32.1 Å². The Morgan fingerprint density at radius 2 is 2.16 bits per heavy atom. The Kier molecular flexibility index (Phi) is 6.92. The molecule has 4 aromatic rings. The maximum Gasteiger partial charge on any atom is 0.319 e. The molecule has 9 nitrogen and oxygen atoms in total. The van der Waals surface area contributed by atoms with Crippen molar-refractivity contribution in [3.05, 3.63) is 34.4 Å². The molecule has 2 aromatic heterocycles. The van der Waals surface area contributed by atoms with E-state index in [0.717, 1.165) is 36.8 Å². The molecule has 0 aliphatic carbocycles. The second kappa shape index (κ2) is 10.6. The molecule has 0 spiro atoms. The van der Waals surface area contributed by atoms with Crippen molar-refractivity contribution >= 4 is 54.7 Å². The van der Waals surface area contributed by atoms with E-state index in [2.05, 4.69) is 20.2 Å². The second-order valence-corrected chi connectivity index (χ2v) is 12.7. The Morgan fingerprint density at radius 1 is 1.33 bits per heavy atom. The van der Waals surface area contributed by atoms with Crippen LogP contribution in [0.2, 0.25) is 5.02 Å². The van der Waals surface area contributed by atoms with Gasteiger partial charge in [-0.05, 0) is 37.4 Å². The molecular formula is C29H26ClF3N6O3S. The lowest BCUT2D eigenvalue weighted by Gasteiger charge is -2.30. The lowest BCUT2D eigenvalue weighted by atomic mass is 9.95. The van der Waals surface area contributed by atoms with E-state index in [1.54, 1.807) is 0 Å². The summed E-state index contributed by atoms with van der Waals surface area (Å²) in [6, 6.07) is 4.03. The SMILES string of the molecule is N#Cc1c(N)sc2c(F)ccc(-c3c(Cl)c(O)c4c(N[C@H]5CCOC5)nc(OC[C@@]56CCCN5C[C@H](F)C6)nc4c3F)c12. The largest absolute Gasteiger partial charge is 0.506 e. The number of thiophene rings is 1. The average Bonchev–Trinajstić information content (AvgIpc) is 3.75. The highest BCUT2D eigenvalue weighted by Gasteiger charge is 2.49. The molecule has 224 valence electrons. The number of anilines is 2. The number of aromatic nitrogens is 2. The number of halogens is 4. The second-order valence-electron chi connectivity index (χ2n) is 11.3. The third-order valence-corrected chi connectivity index (χ3v) is 10.1. The molecule has 7 rings (SSSR count). The highest BCUT2D eigenvalue weighted by molar-refractivity contribution is 7.23. The molecule has 4 N–H and O–H groups in total. The zero-order chi connectivity index (χ0) is 30.0. The third-order valence-electron chi connectivity index (χ3n) is 8.68. The number of nitriles is 1. The van der Waals surface area contributed by atoms with Crippen LogP contribution in [0.4, 0.5) is 24.0 Å². The summed E-state index contributed by atoms with van der Waals surface area (Å²) in [5.74, 6) is -1.97. The predicted molar refractivity (Wildman–Crippen MR) is 157 cm³/mol. The first-order valence-corrected chi connectivity index (χ1v) is 15.1. The molecule has 3 fully saturated rings. The fraction of sp³-hybridized carbons (Fsp3) is 0.414. The van der Waals surface area contributed by atoms with Gasteiger partial charge in [-0.3, -0.25) is 4.90 Å². The molecule has 0 radical (unpaired) electrons. The normalized spacial score (nSPS) is 23.7. The molecule has 0 bridgehead atoms. The van der Waals surface area contributed by atoms with Crippen molar-refractivity contribution in [1.82, 2.24) is 14.9 Å². The minimum atomic E-state index is -0.961. The van der Waals surface area contributed by atoms with Crippen LogP contribution in [-0.4, -0.2) is 70.6 Å². The molecule has 3 saturated heterocycles. The van der Waals surface area contributed by atoms with Gasteiger partial charge in [-0.1, -0.05) is 17.7 Å². The summed E-state index contributed by atoms with van der Waals surface area (Å²) in [4.78, 5) is 10.9. The first-order valence-electron chi connectivity index (χ1n) is 13.9. The highest BCUT2D eigenvalue weighted by Crippen LogP contribution is 2.49. The van der Waals surface area contributed by atoms with Gasteiger partial charge < -0.3 is 25.6 Å². The number of hydrogen-bond acceptors (Lipinski definition) is 10. The van der Waals surface area contributed by atoms with Gasteiger partial charge >= 0.3 is 6.01 Å². The monoisotopic (exact) mass is 630 g/mol. The third kappa shape index (κ3) is 4.50. The summed E-state index contributed by atoms with van der Waals surface area (Å²) in [6.45, 7) is 2.10. The van der Waals surface area contributed by atoms with E-state index in [0.29, 0.717) is 32.6 Å². The zero-order valence-corrected chi connectivity index (χ0v) is 24.3. The molecule has 3 aliphatic rings. The number of nitrogens with two attached hydrogens (primary N) is 1. The summed E-state index contributed by atoms with van der Waals surface area (Å²) in [5, 5.41) is 24.1. The van der Waals surface area contributed by atoms with Crippen molar-refractivity contribution in [3.63, 3.8) is 0 Å². The lowest BCUT2D eigenvalue weighted by Crippen LogP contribution is -2.43. The van der Waals surface area contributed by atoms with E-state index in [-0.39, 0.29) is 72.2 Å². The van der Waals surface area contributed by atoms with Crippen LogP contribution in [0.3, 0.4) is 0 Å². The number of ether oxygens (including phenoxy) is 2. The summed E-state index contributed by atoms with van der Waals surface area (Å²) in [6.07, 6.45) is 1.68. The van der Waals surface area contributed by atoms with Crippen molar-refractivity contribution < 1.29 is 27.8 Å². The molecule has 0 unspecified atom stereocenters. The fourth-order valence-electron chi connectivity index (χ4n) is 6.67. The summed E-state index contributed by atoms with van der Waals surface area (Å²) < 4.78 is 57.4. The van der Waals surface area contributed by atoms with Gasteiger partial charge in [0.2, 0.25) is 0 Å². The number of nitrogen functional groups attached to an aromatic ring is 1. The van der Waals surface area contributed by atoms with Crippen molar-refractivity contribution in [1.29, 1.82) is 5.26 Å². The van der Waals surface area contributed by atoms with Crippen LogP contribution in [0.5, 0.6) is 11.8 Å². The van der Waals surface area contributed by atoms with Gasteiger partial charge in [-0.15, -0.1) is 11.3 Å². The van der Waals surface area contributed by atoms with Gasteiger partial charge in [0.05, 0.1) is 38.9 Å². The minimum Gasteiger partial charge on any atom is -0.506 e. The number of rotatable bonds is 6. The Hall–Kier alpha value is -3.57. The lowest BCUT2D eigenvalue weighted by molar-refractivity contribution is 0.107. The summed E-state index contributed by atoms with van der Waals surface area (Å²) in [7, 11) is 0. The fourth-order valence-corrected chi connectivity index (χ4v) is 7.90. The van der Waals surface area contributed by atoms with E-state index in [4.69, 9.17) is 26.8 Å². The molecule has 0 saturated carbocycles. The predicted octanol–water partition coefficient (Wildman–Crippen LogP) is 5.76. The highest BCUT2D eigenvalue weighted by atomic mass is 35.5. The van der Waals surface area contributed by atoms with Crippen LogP contribution in [-0.2, 0) is 4.74 Å². The maximum absolute atomic E-state index is 16.7. The summed E-state index contributed by atoms with van der Waals surface area (Å²) >= 11 is 7.49. The zero-order valence-electron chi connectivity index (χ0n) is 22.7. The topological polar surface area (TPSA) is 130 Å². The van der Waals surface area contributed by atoms with Crippen molar-refractivity contribution in [2.24, 2.45) is 0 Å². The van der Waals surface area contributed by atoms with Gasteiger partial charge in [-0.25, -0.2) is 13.2 Å². The molecule has 43 heavy (non-hydrogen) atoms. The van der Waals surface area contributed by atoms with Crippen LogP contribution in [0, 0.1) is 23.0 Å². The Bertz CT molecular complexity index is 1830. The quantitative estimate of drug-likeness (QED) is 0.243. The molecule has 3 atom stereocenters. The average molecular weight is 631 g/mol.